The van der Waals surface area contributed by atoms with Gasteiger partial charge in [-0.25, -0.2) is 4.98 Å². The summed E-state index contributed by atoms with van der Waals surface area (Å²) < 4.78 is 1.92. The van der Waals surface area contributed by atoms with Crippen LogP contribution in [0.5, 0.6) is 0 Å². The van der Waals surface area contributed by atoms with Gasteiger partial charge in [0.25, 0.3) is 0 Å². The molecule has 34 heavy (non-hydrogen) atoms. The van der Waals surface area contributed by atoms with Crippen molar-refractivity contribution < 1.29 is 9.59 Å². The first-order valence-corrected chi connectivity index (χ1v) is 12.1. The van der Waals surface area contributed by atoms with E-state index < -0.39 is 0 Å². The number of hydrogen-bond acceptors (Lipinski definition) is 6. The van der Waals surface area contributed by atoms with Crippen LogP contribution in [0.1, 0.15) is 19.3 Å². The third-order valence-corrected chi connectivity index (χ3v) is 6.68. The lowest BCUT2D eigenvalue weighted by Gasteiger charge is -2.36. The summed E-state index contributed by atoms with van der Waals surface area (Å²) in [5.41, 5.74) is 2.50. The summed E-state index contributed by atoms with van der Waals surface area (Å²) in [4.78, 5) is 40.5. The molecule has 2 aliphatic rings. The summed E-state index contributed by atoms with van der Waals surface area (Å²) in [6.07, 6.45) is 8.70. The van der Waals surface area contributed by atoms with E-state index in [0.29, 0.717) is 19.6 Å². The van der Waals surface area contributed by atoms with Crippen LogP contribution in [0.25, 0.3) is 16.9 Å². The van der Waals surface area contributed by atoms with Gasteiger partial charge in [-0.15, -0.1) is 0 Å². The van der Waals surface area contributed by atoms with Gasteiger partial charge in [-0.2, -0.15) is 0 Å². The topological polar surface area (TPSA) is 86.1 Å². The fraction of sp³-hybridized carbons (Fsp3) is 0.440. The van der Waals surface area contributed by atoms with Crippen molar-refractivity contribution in [2.45, 2.75) is 19.3 Å². The van der Waals surface area contributed by atoms with Crippen molar-refractivity contribution in [3.63, 3.8) is 0 Å². The molecule has 4 heterocycles. The fourth-order valence-corrected chi connectivity index (χ4v) is 4.73. The Balaban J connectivity index is 1.18. The van der Waals surface area contributed by atoms with Crippen LogP contribution >= 0.6 is 0 Å². The SMILES string of the molecule is O=C(CNc1c(-c2ccccc2)nc2cnccn12)N1CCN(CC(=O)N2CCCCC2)CC1. The van der Waals surface area contributed by atoms with E-state index in [4.69, 9.17) is 4.98 Å². The van der Waals surface area contributed by atoms with Gasteiger partial charge in [0, 0.05) is 57.2 Å². The highest BCUT2D eigenvalue weighted by molar-refractivity contribution is 5.84. The van der Waals surface area contributed by atoms with Crippen molar-refractivity contribution in [3.05, 3.63) is 48.9 Å². The molecule has 1 aromatic carbocycles. The maximum Gasteiger partial charge on any atom is 0.242 e. The Morgan fingerprint density at radius 2 is 1.62 bits per heavy atom. The summed E-state index contributed by atoms with van der Waals surface area (Å²) in [6.45, 7) is 5.12. The van der Waals surface area contributed by atoms with E-state index in [0.717, 1.165) is 61.7 Å². The quantitative estimate of drug-likeness (QED) is 0.604. The lowest BCUT2D eigenvalue weighted by Crippen LogP contribution is -2.52. The van der Waals surface area contributed by atoms with E-state index in [-0.39, 0.29) is 18.4 Å². The second-order valence-electron chi connectivity index (χ2n) is 8.93. The minimum absolute atomic E-state index is 0.0463. The van der Waals surface area contributed by atoms with Gasteiger partial charge in [0.1, 0.15) is 11.5 Å². The van der Waals surface area contributed by atoms with Crippen LogP contribution < -0.4 is 5.32 Å². The zero-order valence-corrected chi connectivity index (χ0v) is 19.4. The first kappa shape index (κ1) is 22.3. The van der Waals surface area contributed by atoms with Gasteiger partial charge in [0.05, 0.1) is 19.3 Å². The molecule has 0 saturated carbocycles. The van der Waals surface area contributed by atoms with Gasteiger partial charge in [0.2, 0.25) is 11.8 Å². The number of rotatable bonds is 6. The van der Waals surface area contributed by atoms with E-state index in [1.54, 1.807) is 12.4 Å². The molecule has 2 amide bonds. The number of benzene rings is 1. The van der Waals surface area contributed by atoms with Gasteiger partial charge in [-0.1, -0.05) is 30.3 Å². The fourth-order valence-electron chi connectivity index (χ4n) is 4.73. The number of imidazole rings is 1. The predicted molar refractivity (Wildman–Crippen MR) is 130 cm³/mol. The summed E-state index contributed by atoms with van der Waals surface area (Å²) >= 11 is 0. The number of piperidine rings is 1. The molecule has 0 radical (unpaired) electrons. The molecule has 0 aliphatic carbocycles. The molecule has 2 aliphatic heterocycles. The van der Waals surface area contributed by atoms with E-state index in [9.17, 15) is 9.59 Å². The summed E-state index contributed by atoms with van der Waals surface area (Å²) in [6, 6.07) is 9.93. The van der Waals surface area contributed by atoms with Crippen molar-refractivity contribution in [2.24, 2.45) is 0 Å². The van der Waals surface area contributed by atoms with Crippen LogP contribution in [0, 0.1) is 0 Å². The number of nitrogens with zero attached hydrogens (tertiary/aromatic N) is 6. The highest BCUT2D eigenvalue weighted by atomic mass is 16.2. The number of carbonyl (C=O) groups is 2. The summed E-state index contributed by atoms with van der Waals surface area (Å²) in [5, 5.41) is 3.33. The third kappa shape index (κ3) is 4.89. The first-order chi connectivity index (χ1) is 16.7. The van der Waals surface area contributed by atoms with Gasteiger partial charge >= 0.3 is 0 Å². The van der Waals surface area contributed by atoms with Crippen molar-refractivity contribution in [1.29, 1.82) is 0 Å². The number of likely N-dealkylation sites (tertiary alicyclic amines) is 1. The summed E-state index contributed by atoms with van der Waals surface area (Å²) in [5.74, 6) is 1.05. The molecule has 2 saturated heterocycles. The zero-order valence-electron chi connectivity index (χ0n) is 19.4. The Morgan fingerprint density at radius 3 is 2.38 bits per heavy atom. The molecule has 5 rings (SSSR count). The Labute approximate surface area is 199 Å². The molecule has 0 unspecified atom stereocenters. The third-order valence-electron chi connectivity index (χ3n) is 6.68. The number of fused-ring (bicyclic) bond motifs is 1. The van der Waals surface area contributed by atoms with Gasteiger partial charge < -0.3 is 15.1 Å². The normalized spacial score (nSPS) is 17.2. The Kier molecular flexibility index (Phi) is 6.71. The lowest BCUT2D eigenvalue weighted by molar-refractivity contribution is -0.135. The summed E-state index contributed by atoms with van der Waals surface area (Å²) in [7, 11) is 0. The second-order valence-corrected chi connectivity index (χ2v) is 8.93. The molecule has 0 atom stereocenters. The zero-order chi connectivity index (χ0) is 23.3. The number of anilines is 1. The van der Waals surface area contributed by atoms with E-state index >= 15 is 0 Å². The highest BCUT2D eigenvalue weighted by Crippen LogP contribution is 2.28. The van der Waals surface area contributed by atoms with Crippen LogP contribution in [0.2, 0.25) is 0 Å². The Hall–Kier alpha value is -3.46. The Morgan fingerprint density at radius 1 is 0.882 bits per heavy atom. The molecule has 1 N–H and O–H groups in total. The van der Waals surface area contributed by atoms with Crippen LogP contribution in [0.15, 0.2) is 48.9 Å². The molecule has 178 valence electrons. The van der Waals surface area contributed by atoms with Crippen molar-refractivity contribution in [3.8, 4) is 11.3 Å². The van der Waals surface area contributed by atoms with Crippen LogP contribution in [-0.2, 0) is 9.59 Å². The number of nitrogens with one attached hydrogen (secondary N) is 1. The van der Waals surface area contributed by atoms with Crippen molar-refractivity contribution >= 4 is 23.3 Å². The molecular formula is C25H31N7O2. The van der Waals surface area contributed by atoms with E-state index in [1.165, 1.54) is 6.42 Å². The number of aromatic nitrogens is 3. The molecule has 0 spiro atoms. The largest absolute Gasteiger partial charge is 0.360 e. The minimum atomic E-state index is 0.0463. The average molecular weight is 462 g/mol. The van der Waals surface area contributed by atoms with Gasteiger partial charge in [0.15, 0.2) is 5.65 Å². The molecule has 2 aromatic heterocycles. The minimum Gasteiger partial charge on any atom is -0.360 e. The molecule has 9 heteroatoms. The van der Waals surface area contributed by atoms with E-state index in [1.807, 2.05) is 50.7 Å². The predicted octanol–water partition coefficient (Wildman–Crippen LogP) is 1.96. The smallest absolute Gasteiger partial charge is 0.242 e. The van der Waals surface area contributed by atoms with Crippen molar-refractivity contribution in [1.82, 2.24) is 29.1 Å². The van der Waals surface area contributed by atoms with Crippen LogP contribution in [0.3, 0.4) is 0 Å². The number of hydrogen-bond donors (Lipinski definition) is 1. The van der Waals surface area contributed by atoms with Crippen LogP contribution in [-0.4, -0.2) is 93.2 Å². The molecular weight excluding hydrogens is 430 g/mol. The lowest BCUT2D eigenvalue weighted by atomic mass is 10.1. The number of amides is 2. The second kappa shape index (κ2) is 10.2. The van der Waals surface area contributed by atoms with Crippen molar-refractivity contribution in [2.75, 3.05) is 57.7 Å². The molecule has 3 aromatic rings. The standard InChI is InChI=1S/C25H31N7O2/c33-22(31-15-13-29(14-16-31)19-23(34)30-10-5-2-6-11-30)18-27-25-24(20-7-3-1-4-8-20)28-21-17-26-9-12-32(21)25/h1,3-4,7-9,12,17,27H,2,5-6,10-11,13-16,18-19H2. The maximum absolute atomic E-state index is 13.0. The molecule has 0 bridgehead atoms. The van der Waals surface area contributed by atoms with E-state index in [2.05, 4.69) is 15.2 Å². The molecule has 2 fully saturated rings. The number of piperazine rings is 1. The van der Waals surface area contributed by atoms with Crippen LogP contribution in [0.4, 0.5) is 5.82 Å². The average Bonchev–Trinajstić information content (AvgIpc) is 3.27. The Bertz CT molecular complexity index is 1130. The first-order valence-electron chi connectivity index (χ1n) is 12.1. The maximum atomic E-state index is 13.0. The highest BCUT2D eigenvalue weighted by Gasteiger charge is 2.25. The van der Waals surface area contributed by atoms with Gasteiger partial charge in [-0.3, -0.25) is 23.9 Å². The monoisotopic (exact) mass is 461 g/mol. The number of carbonyl (C=O) groups excluding carboxylic acids is 2. The molecule has 9 nitrogen and oxygen atoms in total. The van der Waals surface area contributed by atoms with Gasteiger partial charge in [-0.05, 0) is 19.3 Å².